The lowest BCUT2D eigenvalue weighted by Gasteiger charge is -2.32. The van der Waals surface area contributed by atoms with Gasteiger partial charge >= 0.3 is 6.18 Å². The van der Waals surface area contributed by atoms with E-state index < -0.39 is 53.0 Å². The maximum Gasteiger partial charge on any atom is 0.417 e. The lowest BCUT2D eigenvalue weighted by molar-refractivity contribution is -0.272. The lowest BCUT2D eigenvalue weighted by atomic mass is 9.77. The molecule has 4 rings (SSSR count). The summed E-state index contributed by atoms with van der Waals surface area (Å²) >= 11 is 0. The largest absolute Gasteiger partial charge is 0.493 e. The van der Waals surface area contributed by atoms with Gasteiger partial charge in [0.1, 0.15) is 11.8 Å². The highest BCUT2D eigenvalue weighted by Gasteiger charge is 2.66. The van der Waals surface area contributed by atoms with Gasteiger partial charge in [0, 0.05) is 48.9 Å². The summed E-state index contributed by atoms with van der Waals surface area (Å²) in [7, 11) is 4.66. The molecule has 3 heterocycles. The Labute approximate surface area is 228 Å². The highest BCUT2D eigenvalue weighted by atomic mass is 19.4. The molecular weight excluding hydrogens is 539 g/mol. The minimum absolute atomic E-state index is 0.0159. The van der Waals surface area contributed by atoms with Crippen LogP contribution in [0.4, 0.5) is 27.6 Å². The Morgan fingerprint density at radius 3 is 2.55 bits per heavy atom. The molecule has 8 nitrogen and oxygen atoms in total. The van der Waals surface area contributed by atoms with Crippen LogP contribution in [0.15, 0.2) is 30.5 Å². The SMILES string of the molecule is COc1c([C@H]2[C@H](C(=O)Nc3ccnc(C(=O)N(C)[C@@H]4CCN(C)C4)c3)O[C@@](C)(C(F)(F)F)[C@H]2C)ccc(F)c1F. The number of pyridine rings is 1. The number of nitrogens with zero attached hydrogens (tertiary/aromatic N) is 3. The molecule has 2 aromatic rings. The van der Waals surface area contributed by atoms with E-state index in [2.05, 4.69) is 15.2 Å². The summed E-state index contributed by atoms with van der Waals surface area (Å²) < 4.78 is 81.3. The van der Waals surface area contributed by atoms with Crippen molar-refractivity contribution in [2.45, 2.75) is 50.1 Å². The minimum Gasteiger partial charge on any atom is -0.493 e. The normalized spacial score (nSPS) is 27.1. The molecule has 1 aromatic heterocycles. The van der Waals surface area contributed by atoms with Gasteiger partial charge in [-0.05, 0) is 45.1 Å². The van der Waals surface area contributed by atoms with Crippen LogP contribution in [-0.4, -0.2) is 84.8 Å². The first kappa shape index (κ1) is 29.7. The number of aromatic nitrogens is 1. The fourth-order valence-corrected chi connectivity index (χ4v) is 5.45. The van der Waals surface area contributed by atoms with Gasteiger partial charge in [0.2, 0.25) is 5.82 Å². The van der Waals surface area contributed by atoms with E-state index in [0.29, 0.717) is 6.54 Å². The Hall–Kier alpha value is -3.32. The average Bonchev–Trinajstić information content (AvgIpc) is 3.46. The molecule has 0 spiro atoms. The van der Waals surface area contributed by atoms with E-state index in [1.54, 1.807) is 11.9 Å². The summed E-state index contributed by atoms with van der Waals surface area (Å²) in [5, 5.41) is 2.51. The maximum absolute atomic E-state index is 14.6. The zero-order chi connectivity index (χ0) is 29.6. The van der Waals surface area contributed by atoms with Crippen LogP contribution in [0.1, 0.15) is 42.2 Å². The number of nitrogens with one attached hydrogen (secondary N) is 1. The number of likely N-dealkylation sites (N-methyl/N-ethyl adjacent to an activating group) is 2. The van der Waals surface area contributed by atoms with Crippen molar-refractivity contribution in [2.75, 3.05) is 39.6 Å². The minimum atomic E-state index is -4.89. The zero-order valence-electron chi connectivity index (χ0n) is 22.7. The summed E-state index contributed by atoms with van der Waals surface area (Å²) in [5.41, 5.74) is -2.79. The topological polar surface area (TPSA) is 84.0 Å². The van der Waals surface area contributed by atoms with Crippen molar-refractivity contribution >= 4 is 17.5 Å². The third-order valence-corrected chi connectivity index (χ3v) is 8.05. The molecule has 2 saturated heterocycles. The molecule has 13 heteroatoms. The van der Waals surface area contributed by atoms with Crippen molar-refractivity contribution < 1.29 is 41.0 Å². The van der Waals surface area contributed by atoms with Gasteiger partial charge in [-0.15, -0.1) is 0 Å². The third kappa shape index (κ3) is 5.24. The van der Waals surface area contributed by atoms with Crippen LogP contribution in [-0.2, 0) is 9.53 Å². The van der Waals surface area contributed by atoms with Gasteiger partial charge in [-0.3, -0.25) is 14.6 Å². The molecule has 2 fully saturated rings. The van der Waals surface area contributed by atoms with Crippen molar-refractivity contribution in [2.24, 2.45) is 5.92 Å². The van der Waals surface area contributed by atoms with Gasteiger partial charge in [0.15, 0.2) is 17.2 Å². The van der Waals surface area contributed by atoms with Crippen LogP contribution in [0, 0.1) is 17.6 Å². The summed E-state index contributed by atoms with van der Waals surface area (Å²) in [6.45, 7) is 3.57. The number of hydrogen-bond donors (Lipinski definition) is 1. The highest BCUT2D eigenvalue weighted by molar-refractivity contribution is 5.98. The molecule has 0 saturated carbocycles. The number of ether oxygens (including phenoxy) is 2. The van der Waals surface area contributed by atoms with E-state index in [0.717, 1.165) is 39.1 Å². The first-order valence-electron chi connectivity index (χ1n) is 12.7. The summed E-state index contributed by atoms with van der Waals surface area (Å²) in [5.74, 6) is -7.35. The number of amides is 2. The van der Waals surface area contributed by atoms with Gasteiger partial charge in [-0.25, -0.2) is 4.39 Å². The number of alkyl halides is 3. The Morgan fingerprint density at radius 1 is 1.25 bits per heavy atom. The number of carbonyl (C=O) groups is 2. The second-order valence-electron chi connectivity index (χ2n) is 10.5. The quantitative estimate of drug-likeness (QED) is 0.524. The molecule has 0 radical (unpaired) electrons. The van der Waals surface area contributed by atoms with Crippen molar-refractivity contribution in [1.82, 2.24) is 14.8 Å². The molecule has 1 aromatic carbocycles. The zero-order valence-corrected chi connectivity index (χ0v) is 22.7. The van der Waals surface area contributed by atoms with Gasteiger partial charge in [-0.2, -0.15) is 17.6 Å². The molecule has 1 N–H and O–H groups in total. The number of carbonyl (C=O) groups excluding carboxylic acids is 2. The number of rotatable bonds is 6. The molecule has 40 heavy (non-hydrogen) atoms. The number of anilines is 1. The first-order chi connectivity index (χ1) is 18.7. The van der Waals surface area contributed by atoms with Gasteiger partial charge in [0.05, 0.1) is 7.11 Å². The van der Waals surface area contributed by atoms with E-state index in [1.165, 1.54) is 25.3 Å². The number of benzene rings is 1. The predicted octanol–water partition coefficient (Wildman–Crippen LogP) is 4.22. The fourth-order valence-electron chi connectivity index (χ4n) is 5.45. The van der Waals surface area contributed by atoms with Crippen LogP contribution < -0.4 is 10.1 Å². The Balaban J connectivity index is 1.64. The summed E-state index contributed by atoms with van der Waals surface area (Å²) in [6.07, 6.45) is -4.56. The second-order valence-corrected chi connectivity index (χ2v) is 10.5. The fraction of sp³-hybridized carbons (Fsp3) is 0.519. The van der Waals surface area contributed by atoms with Crippen molar-refractivity contribution in [3.05, 3.63) is 53.4 Å². The van der Waals surface area contributed by atoms with Crippen molar-refractivity contribution in [3.8, 4) is 5.75 Å². The third-order valence-electron chi connectivity index (χ3n) is 8.05. The second kappa shape index (κ2) is 10.9. The molecule has 0 bridgehead atoms. The lowest BCUT2D eigenvalue weighted by Crippen LogP contribution is -2.47. The van der Waals surface area contributed by atoms with E-state index in [1.807, 2.05) is 7.05 Å². The Morgan fingerprint density at radius 2 is 1.95 bits per heavy atom. The number of halogens is 5. The molecule has 2 aliphatic rings. The molecule has 5 atom stereocenters. The van der Waals surface area contributed by atoms with Crippen molar-refractivity contribution in [1.29, 1.82) is 0 Å². The number of likely N-dealkylation sites (tertiary alicyclic amines) is 1. The first-order valence-corrected chi connectivity index (χ1v) is 12.7. The van der Waals surface area contributed by atoms with Crippen molar-refractivity contribution in [3.63, 3.8) is 0 Å². The number of hydrogen-bond acceptors (Lipinski definition) is 6. The molecule has 218 valence electrons. The molecule has 2 aliphatic heterocycles. The molecular formula is C27H31F5N4O4. The van der Waals surface area contributed by atoms with E-state index >= 15 is 0 Å². The van der Waals surface area contributed by atoms with E-state index in [4.69, 9.17) is 9.47 Å². The molecule has 0 unspecified atom stereocenters. The van der Waals surface area contributed by atoms with Crippen LogP contribution in [0.2, 0.25) is 0 Å². The van der Waals surface area contributed by atoms with Gasteiger partial charge in [0.25, 0.3) is 11.8 Å². The van der Waals surface area contributed by atoms with Crippen LogP contribution in [0.3, 0.4) is 0 Å². The van der Waals surface area contributed by atoms with Crippen LogP contribution >= 0.6 is 0 Å². The maximum atomic E-state index is 14.6. The Bertz CT molecular complexity index is 1290. The Kier molecular flexibility index (Phi) is 8.10. The predicted molar refractivity (Wildman–Crippen MR) is 135 cm³/mol. The summed E-state index contributed by atoms with van der Waals surface area (Å²) in [4.78, 5) is 34.2. The molecule has 0 aliphatic carbocycles. The number of methoxy groups -OCH3 is 1. The van der Waals surface area contributed by atoms with Gasteiger partial charge < -0.3 is 24.6 Å². The standard InChI is InChI=1S/C27H31F5N4O4/c1-14-20(17-6-7-18(28)21(29)22(17)39-5)23(40-26(14,2)27(30,31)32)24(37)34-15-8-10-33-19(12-15)25(38)36(4)16-9-11-35(3)13-16/h6-8,10,12,14,16,20,23H,9,11,13H2,1-5H3,(H,33,34,37)/t14-,16+,20-,23+,26+/m0/s1. The van der Waals surface area contributed by atoms with E-state index in [9.17, 15) is 31.5 Å². The van der Waals surface area contributed by atoms with Crippen LogP contribution in [0.25, 0.3) is 0 Å². The van der Waals surface area contributed by atoms with E-state index in [-0.39, 0.29) is 28.9 Å². The highest BCUT2D eigenvalue weighted by Crippen LogP contribution is 2.55. The smallest absolute Gasteiger partial charge is 0.417 e. The van der Waals surface area contributed by atoms with Crippen LogP contribution in [0.5, 0.6) is 5.75 Å². The monoisotopic (exact) mass is 570 g/mol. The molecule has 2 amide bonds. The average molecular weight is 571 g/mol. The van der Waals surface area contributed by atoms with Gasteiger partial charge in [-0.1, -0.05) is 13.0 Å². The summed E-state index contributed by atoms with van der Waals surface area (Å²) in [6, 6.07) is 4.54.